The van der Waals surface area contributed by atoms with Crippen LogP contribution in [0.2, 0.25) is 0 Å². The van der Waals surface area contributed by atoms with Crippen molar-refractivity contribution in [3.05, 3.63) is 210 Å². The zero-order valence-corrected chi connectivity index (χ0v) is 71.3. The number of hydrogen-bond acceptors (Lipinski definition) is 25. The summed E-state index contributed by atoms with van der Waals surface area (Å²) in [5, 5.41) is 19.3. The Morgan fingerprint density at radius 3 is 1.48 bits per heavy atom. The number of carbonyl (C=O) groups is 7. The number of carboxylic acids is 1. The first-order valence-corrected chi connectivity index (χ1v) is 40.3. The third-order valence-corrected chi connectivity index (χ3v) is 18.5. The van der Waals surface area contributed by atoms with Crippen LogP contribution in [0.3, 0.4) is 0 Å². The highest BCUT2D eigenvalue weighted by atomic mass is 35.5. The number of rotatable bonds is 25. The summed E-state index contributed by atoms with van der Waals surface area (Å²) >= 11 is 4.86. The zero-order chi connectivity index (χ0) is 88.1. The maximum atomic E-state index is 13.2. The van der Waals surface area contributed by atoms with Crippen molar-refractivity contribution < 1.29 is 102 Å². The molecular formula is C82H101Cl3F5N13O18S. The Kier molecular flexibility index (Phi) is 44.4. The lowest BCUT2D eigenvalue weighted by molar-refractivity contribution is -0.139. The van der Waals surface area contributed by atoms with Crippen LogP contribution in [0.15, 0.2) is 171 Å². The molecule has 0 saturated carbocycles. The van der Waals surface area contributed by atoms with Crippen molar-refractivity contribution in [3.8, 4) is 0 Å². The Balaban J connectivity index is 0.000000310. The maximum Gasteiger partial charge on any atom is 0.408 e. The molecule has 664 valence electrons. The minimum atomic E-state index is -3.45. The fraction of sp³-hybridized carbons (Fsp3) is 0.415. The summed E-state index contributed by atoms with van der Waals surface area (Å²) in [4.78, 5) is 117. The quantitative estimate of drug-likeness (QED) is 0.0206. The summed E-state index contributed by atoms with van der Waals surface area (Å²) in [6, 6.07) is 21.8. The second-order valence-electron chi connectivity index (χ2n) is 29.1. The maximum absolute atomic E-state index is 13.2. The lowest BCUT2D eigenvalue weighted by Gasteiger charge is -2.22. The Morgan fingerprint density at radius 1 is 0.615 bits per heavy atom. The lowest BCUT2D eigenvalue weighted by Crippen LogP contribution is -2.44. The largest absolute Gasteiger partial charge is 0.480 e. The number of anilines is 4. The fourth-order valence-corrected chi connectivity index (χ4v) is 11.9. The normalized spacial score (nSPS) is 15.6. The van der Waals surface area contributed by atoms with Crippen LogP contribution in [0, 0.1) is 46.8 Å². The van der Waals surface area contributed by atoms with E-state index in [0.717, 1.165) is 94.7 Å². The highest BCUT2D eigenvalue weighted by Crippen LogP contribution is 2.27. The number of amides is 4. The number of hydrogen-bond donors (Lipinski definition) is 7. The molecule has 4 amide bonds. The number of furan rings is 2. The molecule has 0 spiro atoms. The molecule has 0 bridgehead atoms. The van der Waals surface area contributed by atoms with Gasteiger partial charge in [0.1, 0.15) is 75.5 Å². The molecule has 8 unspecified atom stereocenters. The van der Waals surface area contributed by atoms with Gasteiger partial charge in [-0.25, -0.2) is 69.7 Å². The van der Waals surface area contributed by atoms with Gasteiger partial charge in [-0.2, -0.15) is 0 Å². The number of halogens is 8. The number of nitrogen functional groups attached to an aromatic ring is 1. The molecule has 3 saturated heterocycles. The summed E-state index contributed by atoms with van der Waals surface area (Å²) in [6.45, 7) is 15.2. The molecule has 0 aliphatic carbocycles. The van der Waals surface area contributed by atoms with E-state index in [0.29, 0.717) is 79.5 Å². The number of alkyl carbamates (subject to hydrolysis) is 1. The van der Waals surface area contributed by atoms with Crippen LogP contribution in [0.1, 0.15) is 130 Å². The van der Waals surface area contributed by atoms with Crippen LogP contribution in [-0.2, 0) is 76.8 Å². The monoisotopic (exact) mass is 1790 g/mol. The van der Waals surface area contributed by atoms with Crippen molar-refractivity contribution in [2.24, 2.45) is 23.5 Å². The topological polar surface area (TPSA) is 446 Å². The molecule has 12 rings (SSSR count). The minimum absolute atomic E-state index is 0. The van der Waals surface area contributed by atoms with Crippen molar-refractivity contribution in [1.82, 2.24) is 39.8 Å². The van der Waals surface area contributed by atoms with Gasteiger partial charge in [0.05, 0.1) is 109 Å². The van der Waals surface area contributed by atoms with Gasteiger partial charge in [0.25, 0.3) is 5.56 Å². The van der Waals surface area contributed by atoms with Crippen LogP contribution in [0.4, 0.5) is 54.8 Å². The number of fused-ring (bicyclic) bond motifs is 1. The molecule has 3 aliphatic rings. The fourth-order valence-electron chi connectivity index (χ4n) is 11.2. The molecule has 1 aromatic carbocycles. The number of sulfone groups is 1. The third-order valence-electron chi connectivity index (χ3n) is 17.2. The van der Waals surface area contributed by atoms with E-state index in [1.165, 1.54) is 96.0 Å². The molecule has 31 nitrogen and oxygen atoms in total. The molecule has 3 fully saturated rings. The number of nitrogens with one attached hydrogen (secondary N) is 4. The van der Waals surface area contributed by atoms with E-state index in [2.05, 4.69) is 55.9 Å². The number of nitrogens with zero attached hydrogens (tertiary/aromatic N) is 7. The first kappa shape index (κ1) is 103. The third kappa shape index (κ3) is 39.3. The molecule has 0 radical (unpaired) electrons. The molecule has 40 heteroatoms. The number of carboxylic acid groups (broad SMARTS) is 1. The highest BCUT2D eigenvalue weighted by molar-refractivity contribution is 7.90. The molecule has 11 heterocycles. The second kappa shape index (κ2) is 52.4. The number of nitrogens with two attached hydrogens (primary N) is 2. The highest BCUT2D eigenvalue weighted by Gasteiger charge is 2.31. The Bertz CT molecular complexity index is 4770. The molecular weight excluding hydrogens is 1690 g/mol. The number of ketones is 1. The van der Waals surface area contributed by atoms with Crippen molar-refractivity contribution in [2.75, 3.05) is 54.4 Å². The van der Waals surface area contributed by atoms with Crippen molar-refractivity contribution in [3.63, 3.8) is 0 Å². The van der Waals surface area contributed by atoms with Crippen LogP contribution < -0.4 is 38.3 Å². The molecule has 8 aromatic heterocycles. The summed E-state index contributed by atoms with van der Waals surface area (Å²) in [5.41, 5.74) is 9.72. The summed E-state index contributed by atoms with van der Waals surface area (Å²) in [5.74, 6) is -1.62. The zero-order valence-electron chi connectivity index (χ0n) is 68.1. The van der Waals surface area contributed by atoms with Gasteiger partial charge in [0.15, 0.2) is 15.6 Å². The standard InChI is InChI=1S/C22H22FN3O5S.C13H17FN2O2.C13H13FN2O2.C12H16FN3O2.C12H17NO5.C5H9ClO2.C5H5FN2.2ClH/c1-32(29,30)17-6-7-18-19(11-17)25-13-26(22(18)28)20(10-16-3-2-8-31-16)21(27)9-15-5-4-14(23)12-24-15;2*1-9(7-11-3-2-6-18-11)13(17)16-12-5-4-10(14)8-15-12;13-8-3-4-11(15-7-8)16-12(17)10(14)6-9-2-1-5-18-9;1-12(2,3)18-11(16)13-9(10(14)15)7-8-5-4-6-17-8;1-4(2)3-8-5(6)7;6-4-1-2-5(7)8-3-4;;/h4-7,11-13,16,20H,2-3,8-10H2,1H3;4-5,8-9,11H,2-3,6-7H2,1H3,(H,15,16,17);2-6,8-9H,7H2,1H3,(H,15,16,17);3-4,7,9-10H,1-2,5-6,14H2,(H,15,16,17);4-6,9H,7H2,1-3H3,(H,13,16)(H,14,15);4H,3H2,1-2H3;1-3H,(H2,7,8);2*1H. The number of pyridine rings is 5. The SMILES string of the molecule is CC(C)(C)OC(=O)NC(Cc1ccco1)C(=O)O.CC(C)COC(=O)Cl.CC(CC1CCCO1)C(=O)Nc1ccc(F)cn1.CC(Cc1ccco1)C(=O)Nc1ccc(F)cn1.CS(=O)(=O)c1ccc2c(=O)n(C(CC3CCCO3)C(=O)Cc3ccc(F)cn3)cnc2c1.Cl.Cl.NC(CC1CCCO1)C(=O)Nc1ccc(F)cn1.Nc1ccc(F)cn1. The van der Waals surface area contributed by atoms with Gasteiger partial charge >= 0.3 is 17.5 Å². The molecule has 122 heavy (non-hydrogen) atoms. The number of aromatic nitrogens is 7. The average Bonchev–Trinajstić information content (AvgIpc) is 0.890. The predicted molar refractivity (Wildman–Crippen MR) is 447 cm³/mol. The number of Topliss-reactive ketones (excluding diaryl/α,β-unsaturated/α-hetero) is 1. The van der Waals surface area contributed by atoms with E-state index < -0.39 is 79.9 Å². The number of benzene rings is 1. The Hall–Kier alpha value is -10.9. The second-order valence-corrected chi connectivity index (χ2v) is 31.4. The summed E-state index contributed by atoms with van der Waals surface area (Å²) < 4.78 is 124. The number of carbonyl (C=O) groups excluding carboxylic acids is 6. The van der Waals surface area contributed by atoms with E-state index in [1.807, 2.05) is 26.8 Å². The van der Waals surface area contributed by atoms with Crippen LogP contribution >= 0.6 is 36.4 Å². The summed E-state index contributed by atoms with van der Waals surface area (Å²) in [7, 11) is -3.45. The van der Waals surface area contributed by atoms with E-state index in [4.69, 9.17) is 56.0 Å². The first-order valence-electron chi connectivity index (χ1n) is 38.0. The van der Waals surface area contributed by atoms with E-state index >= 15 is 0 Å². The average molecular weight is 1790 g/mol. The Labute approximate surface area is 718 Å². The number of aliphatic carboxylic acids is 1. The van der Waals surface area contributed by atoms with Crippen molar-refractivity contribution in [1.29, 1.82) is 0 Å². The van der Waals surface area contributed by atoms with Gasteiger partial charge in [-0.15, -0.1) is 24.8 Å². The smallest absolute Gasteiger partial charge is 0.408 e. The van der Waals surface area contributed by atoms with Crippen LogP contribution in [-0.4, -0.2) is 158 Å². The van der Waals surface area contributed by atoms with E-state index in [-0.39, 0.29) is 113 Å². The predicted octanol–water partition coefficient (Wildman–Crippen LogP) is 13.8. The van der Waals surface area contributed by atoms with Gasteiger partial charge in [0, 0.05) is 74.5 Å². The minimum Gasteiger partial charge on any atom is -0.480 e. The van der Waals surface area contributed by atoms with E-state index in [9.17, 15) is 68.7 Å². The molecule has 8 atom stereocenters. The number of ether oxygens (including phenoxy) is 5. The first-order chi connectivity index (χ1) is 56.9. The summed E-state index contributed by atoms with van der Waals surface area (Å²) in [6.07, 6.45) is 17.7. The Morgan fingerprint density at radius 2 is 1.08 bits per heavy atom. The van der Waals surface area contributed by atoms with Gasteiger partial charge in [-0.05, 0) is 181 Å². The van der Waals surface area contributed by atoms with Crippen molar-refractivity contribution >= 4 is 121 Å². The van der Waals surface area contributed by atoms with E-state index in [1.54, 1.807) is 52.2 Å². The van der Waals surface area contributed by atoms with Crippen LogP contribution in [0.5, 0.6) is 0 Å². The van der Waals surface area contributed by atoms with Gasteiger partial charge in [-0.1, -0.05) is 27.7 Å². The molecule has 9 N–H and O–H groups in total. The van der Waals surface area contributed by atoms with Crippen LogP contribution in [0.25, 0.3) is 10.9 Å². The lowest BCUT2D eigenvalue weighted by atomic mass is 9.99. The molecule has 3 aliphatic heterocycles. The molecule has 9 aromatic rings. The van der Waals surface area contributed by atoms with Crippen molar-refractivity contribution in [2.45, 2.75) is 172 Å². The van der Waals surface area contributed by atoms with Gasteiger partial charge in [0.2, 0.25) is 17.7 Å². The van der Waals surface area contributed by atoms with Gasteiger partial charge < -0.3 is 70.4 Å². The van der Waals surface area contributed by atoms with Gasteiger partial charge in [-0.3, -0.25) is 33.5 Å².